The van der Waals surface area contributed by atoms with Crippen molar-refractivity contribution in [3.05, 3.63) is 42.2 Å². The summed E-state index contributed by atoms with van der Waals surface area (Å²) in [5, 5.41) is 5.87. The highest BCUT2D eigenvalue weighted by atomic mass is 15.5. The number of H-pyrrole nitrogens is 1. The molecule has 152 valence electrons. The zero-order valence-electron chi connectivity index (χ0n) is 16.8. The summed E-state index contributed by atoms with van der Waals surface area (Å²) in [5.74, 6) is 2.12. The first kappa shape index (κ1) is 18.4. The lowest BCUT2D eigenvalue weighted by Gasteiger charge is -2.32. The third kappa shape index (κ3) is 4.19. The largest absolute Gasteiger partial charge is 0.365 e. The number of piperidine rings is 1. The molecule has 5 rings (SSSR count). The normalized spacial score (nSPS) is 19.4. The second kappa shape index (κ2) is 8.37. The highest BCUT2D eigenvalue weighted by molar-refractivity contribution is 5.83. The summed E-state index contributed by atoms with van der Waals surface area (Å²) in [6.45, 7) is 1.96. The molecule has 0 radical (unpaired) electrons. The molecule has 2 fully saturated rings. The summed E-state index contributed by atoms with van der Waals surface area (Å²) in [5.41, 5.74) is 6.48. The standard InChI is InChI=1S/C22H29N7/c1-3-7-16(8-4-1)17-11-13-29(14-12-17)28-22-26-20-19(23-15-24-20)21(27-22)25-18-9-5-2-6-10-18/h1,3-4,7-8,15,17-18H,2,5-6,9-14H2,(H3,23,24,25,26,27,28). The molecule has 1 aromatic carbocycles. The predicted molar refractivity (Wildman–Crippen MR) is 116 cm³/mol. The number of anilines is 2. The number of hydrogen-bond acceptors (Lipinski definition) is 6. The fourth-order valence-corrected chi connectivity index (χ4v) is 4.62. The Morgan fingerprint density at radius 2 is 1.72 bits per heavy atom. The number of fused-ring (bicyclic) bond motifs is 1. The summed E-state index contributed by atoms with van der Waals surface area (Å²) in [4.78, 5) is 17.0. The number of hydrazine groups is 1. The van der Waals surface area contributed by atoms with E-state index in [1.807, 2.05) is 0 Å². The van der Waals surface area contributed by atoms with Gasteiger partial charge in [-0.25, -0.2) is 9.99 Å². The van der Waals surface area contributed by atoms with Gasteiger partial charge in [0, 0.05) is 19.1 Å². The maximum Gasteiger partial charge on any atom is 0.241 e. The first-order valence-corrected chi connectivity index (χ1v) is 10.9. The zero-order chi connectivity index (χ0) is 19.5. The summed E-state index contributed by atoms with van der Waals surface area (Å²) < 4.78 is 0. The lowest BCUT2D eigenvalue weighted by atomic mass is 9.90. The minimum atomic E-state index is 0.486. The Labute approximate surface area is 171 Å². The smallest absolute Gasteiger partial charge is 0.241 e. The molecule has 1 aliphatic carbocycles. The average Bonchev–Trinajstić information content (AvgIpc) is 3.25. The molecule has 3 N–H and O–H groups in total. The van der Waals surface area contributed by atoms with E-state index in [-0.39, 0.29) is 0 Å². The van der Waals surface area contributed by atoms with E-state index in [1.54, 1.807) is 6.33 Å². The molecule has 3 aromatic rings. The van der Waals surface area contributed by atoms with Gasteiger partial charge in [-0.1, -0.05) is 49.6 Å². The lowest BCUT2D eigenvalue weighted by Crippen LogP contribution is -2.38. The highest BCUT2D eigenvalue weighted by Gasteiger charge is 2.22. The second-order valence-corrected chi connectivity index (χ2v) is 8.26. The number of aromatic amines is 1. The minimum absolute atomic E-state index is 0.486. The van der Waals surface area contributed by atoms with Gasteiger partial charge in [0.2, 0.25) is 5.95 Å². The third-order valence-electron chi connectivity index (χ3n) is 6.26. The molecule has 0 bridgehead atoms. The van der Waals surface area contributed by atoms with Crippen LogP contribution in [-0.2, 0) is 0 Å². The van der Waals surface area contributed by atoms with E-state index < -0.39 is 0 Å². The molecule has 29 heavy (non-hydrogen) atoms. The number of rotatable bonds is 5. The molecule has 0 atom stereocenters. The molecule has 2 aliphatic rings. The number of nitrogens with zero attached hydrogens (tertiary/aromatic N) is 4. The molecule has 2 aromatic heterocycles. The van der Waals surface area contributed by atoms with Crippen molar-refractivity contribution in [1.29, 1.82) is 0 Å². The van der Waals surface area contributed by atoms with Crippen molar-refractivity contribution < 1.29 is 0 Å². The van der Waals surface area contributed by atoms with Crippen LogP contribution in [0, 0.1) is 0 Å². The third-order valence-corrected chi connectivity index (χ3v) is 6.26. The molecule has 1 saturated carbocycles. The van der Waals surface area contributed by atoms with Crippen molar-refractivity contribution in [3.63, 3.8) is 0 Å². The molecular formula is C22H29N7. The lowest BCUT2D eigenvalue weighted by molar-refractivity contribution is 0.250. The molecule has 3 heterocycles. The van der Waals surface area contributed by atoms with E-state index in [9.17, 15) is 0 Å². The maximum absolute atomic E-state index is 4.79. The van der Waals surface area contributed by atoms with Crippen LogP contribution in [0.5, 0.6) is 0 Å². The summed E-state index contributed by atoms with van der Waals surface area (Å²) >= 11 is 0. The summed E-state index contributed by atoms with van der Waals surface area (Å²) in [6.07, 6.45) is 10.3. The Morgan fingerprint density at radius 3 is 2.52 bits per heavy atom. The van der Waals surface area contributed by atoms with Gasteiger partial charge < -0.3 is 10.3 Å². The first-order valence-electron chi connectivity index (χ1n) is 10.9. The predicted octanol–water partition coefficient (Wildman–Crippen LogP) is 4.30. The van der Waals surface area contributed by atoms with Crippen molar-refractivity contribution in [2.24, 2.45) is 0 Å². The van der Waals surface area contributed by atoms with Crippen LogP contribution >= 0.6 is 0 Å². The van der Waals surface area contributed by atoms with Crippen molar-refractivity contribution >= 4 is 22.9 Å². The quantitative estimate of drug-likeness (QED) is 0.601. The van der Waals surface area contributed by atoms with Gasteiger partial charge in [0.05, 0.1) is 6.33 Å². The van der Waals surface area contributed by atoms with Crippen molar-refractivity contribution in [1.82, 2.24) is 24.9 Å². The maximum atomic E-state index is 4.79. The molecule has 7 nitrogen and oxygen atoms in total. The molecule has 1 aliphatic heterocycles. The van der Waals surface area contributed by atoms with Crippen LogP contribution in [0.15, 0.2) is 36.7 Å². The van der Waals surface area contributed by atoms with Gasteiger partial charge in [0.25, 0.3) is 0 Å². The first-order chi connectivity index (χ1) is 14.3. The monoisotopic (exact) mass is 391 g/mol. The zero-order valence-corrected chi connectivity index (χ0v) is 16.8. The topological polar surface area (TPSA) is 81.8 Å². The Kier molecular flexibility index (Phi) is 5.30. The van der Waals surface area contributed by atoms with E-state index in [0.29, 0.717) is 23.6 Å². The molecule has 1 saturated heterocycles. The Bertz CT molecular complexity index is 925. The van der Waals surface area contributed by atoms with Crippen molar-refractivity contribution in [3.8, 4) is 0 Å². The van der Waals surface area contributed by atoms with Crippen LogP contribution < -0.4 is 10.7 Å². The summed E-state index contributed by atoms with van der Waals surface area (Å²) in [6, 6.07) is 11.3. The van der Waals surface area contributed by atoms with Gasteiger partial charge in [-0.3, -0.25) is 5.43 Å². The van der Waals surface area contributed by atoms with Crippen LogP contribution in [-0.4, -0.2) is 44.1 Å². The molecule has 0 unspecified atom stereocenters. The van der Waals surface area contributed by atoms with Crippen LogP contribution in [0.2, 0.25) is 0 Å². The van der Waals surface area contributed by atoms with Crippen LogP contribution in [0.1, 0.15) is 56.4 Å². The SMILES string of the molecule is c1ccc(C2CCN(Nc3nc(NC4CCCCC4)c4[nH]cnc4n3)CC2)cc1. The summed E-state index contributed by atoms with van der Waals surface area (Å²) in [7, 11) is 0. The Balaban J connectivity index is 1.27. The van der Waals surface area contributed by atoms with Gasteiger partial charge in [-0.15, -0.1) is 0 Å². The van der Waals surface area contributed by atoms with E-state index in [1.165, 1.54) is 37.7 Å². The molecule has 7 heteroatoms. The highest BCUT2D eigenvalue weighted by Crippen LogP contribution is 2.29. The Morgan fingerprint density at radius 1 is 0.931 bits per heavy atom. The van der Waals surface area contributed by atoms with Crippen LogP contribution in [0.3, 0.4) is 0 Å². The number of hydrogen-bond donors (Lipinski definition) is 3. The average molecular weight is 392 g/mol. The van der Waals surface area contributed by atoms with E-state index in [2.05, 4.69) is 61.0 Å². The van der Waals surface area contributed by atoms with E-state index in [4.69, 9.17) is 4.98 Å². The van der Waals surface area contributed by atoms with Crippen molar-refractivity contribution in [2.75, 3.05) is 23.8 Å². The van der Waals surface area contributed by atoms with Gasteiger partial charge in [0.1, 0.15) is 5.52 Å². The van der Waals surface area contributed by atoms with Gasteiger partial charge in [0.15, 0.2) is 11.5 Å². The van der Waals surface area contributed by atoms with Gasteiger partial charge in [-0.2, -0.15) is 9.97 Å². The van der Waals surface area contributed by atoms with E-state index in [0.717, 1.165) is 37.3 Å². The van der Waals surface area contributed by atoms with Crippen molar-refractivity contribution in [2.45, 2.75) is 56.9 Å². The Hall–Kier alpha value is -2.67. The second-order valence-electron chi connectivity index (χ2n) is 8.26. The minimum Gasteiger partial charge on any atom is -0.365 e. The van der Waals surface area contributed by atoms with Crippen LogP contribution in [0.25, 0.3) is 11.2 Å². The number of benzene rings is 1. The van der Waals surface area contributed by atoms with Gasteiger partial charge in [-0.05, 0) is 37.2 Å². The number of imidazole rings is 1. The van der Waals surface area contributed by atoms with Crippen LogP contribution in [0.4, 0.5) is 11.8 Å². The fourth-order valence-electron chi connectivity index (χ4n) is 4.62. The molecule has 0 spiro atoms. The fraction of sp³-hybridized carbons (Fsp3) is 0.500. The molecular weight excluding hydrogens is 362 g/mol. The van der Waals surface area contributed by atoms with Gasteiger partial charge >= 0.3 is 0 Å². The number of nitrogens with one attached hydrogen (secondary N) is 3. The molecule has 0 amide bonds. The number of aromatic nitrogens is 4. The van der Waals surface area contributed by atoms with E-state index >= 15 is 0 Å².